The molecule has 0 bridgehead atoms. The second kappa shape index (κ2) is 10.0. The van der Waals surface area contributed by atoms with Crippen LogP contribution in [0.5, 0.6) is 11.6 Å². The number of nitrogens with zero attached hydrogens (tertiary/aromatic N) is 7. The molecule has 12 heteroatoms. The van der Waals surface area contributed by atoms with Crippen LogP contribution in [0.3, 0.4) is 0 Å². The smallest absolute Gasteiger partial charge is 0.288 e. The SMILES string of the molecule is [C-]#[N+]c1c(Nc2ccc(N3CCN(C)CC3)cn2)ncnc1Oc1cc(F)c2c(cc(C)n2C(C)=O)c1F. The van der Waals surface area contributed by atoms with Crippen LogP contribution >= 0.6 is 0 Å². The molecule has 0 atom stereocenters. The predicted octanol–water partition coefficient (Wildman–Crippen LogP) is 4.91. The summed E-state index contributed by atoms with van der Waals surface area (Å²) < 4.78 is 36.9. The molecule has 10 nitrogen and oxygen atoms in total. The topological polar surface area (TPSA) is 92.8 Å². The van der Waals surface area contributed by atoms with Gasteiger partial charge in [-0.3, -0.25) is 9.36 Å². The second-order valence-electron chi connectivity index (χ2n) is 8.98. The van der Waals surface area contributed by atoms with E-state index in [9.17, 15) is 9.18 Å². The lowest BCUT2D eigenvalue weighted by Gasteiger charge is -2.33. The summed E-state index contributed by atoms with van der Waals surface area (Å²) in [5.74, 6) is -2.36. The molecule has 4 heterocycles. The summed E-state index contributed by atoms with van der Waals surface area (Å²) in [4.78, 5) is 32.4. The number of aromatic nitrogens is 4. The summed E-state index contributed by atoms with van der Waals surface area (Å²) in [6.07, 6.45) is 2.89. The van der Waals surface area contributed by atoms with Crippen molar-refractivity contribution in [1.29, 1.82) is 0 Å². The highest BCUT2D eigenvalue weighted by Crippen LogP contribution is 2.39. The first kappa shape index (κ1) is 25.0. The van der Waals surface area contributed by atoms with E-state index in [4.69, 9.17) is 11.3 Å². The van der Waals surface area contributed by atoms with Crippen molar-refractivity contribution >= 4 is 39.8 Å². The average molecular weight is 519 g/mol. The first-order valence-electron chi connectivity index (χ1n) is 11.8. The number of rotatable bonds is 5. The molecule has 1 fully saturated rings. The van der Waals surface area contributed by atoms with E-state index in [0.29, 0.717) is 11.5 Å². The third-order valence-electron chi connectivity index (χ3n) is 6.41. The van der Waals surface area contributed by atoms with Gasteiger partial charge in [-0.1, -0.05) is 0 Å². The molecule has 4 aromatic rings. The second-order valence-corrected chi connectivity index (χ2v) is 8.98. The fourth-order valence-electron chi connectivity index (χ4n) is 4.47. The fourth-order valence-corrected chi connectivity index (χ4v) is 4.47. The van der Waals surface area contributed by atoms with Gasteiger partial charge >= 0.3 is 0 Å². The van der Waals surface area contributed by atoms with Crippen LogP contribution in [0, 0.1) is 25.1 Å². The zero-order valence-electron chi connectivity index (χ0n) is 21.0. The number of aryl methyl sites for hydroxylation is 1. The number of nitrogens with one attached hydrogen (secondary N) is 1. The van der Waals surface area contributed by atoms with Gasteiger partial charge in [0, 0.05) is 50.2 Å². The molecule has 0 spiro atoms. The molecule has 1 saturated heterocycles. The monoisotopic (exact) mass is 518 g/mol. The zero-order chi connectivity index (χ0) is 27.0. The van der Waals surface area contributed by atoms with Gasteiger partial charge in [-0.25, -0.2) is 28.6 Å². The molecule has 5 rings (SSSR count). The maximum Gasteiger partial charge on any atom is 0.288 e. The Bertz CT molecular complexity index is 1570. The first-order chi connectivity index (χ1) is 18.3. The number of pyridine rings is 1. The summed E-state index contributed by atoms with van der Waals surface area (Å²) >= 11 is 0. The highest BCUT2D eigenvalue weighted by Gasteiger charge is 2.23. The molecule has 0 aliphatic carbocycles. The largest absolute Gasteiger partial charge is 0.446 e. The number of carbonyl (C=O) groups excluding carboxylic acids is 1. The van der Waals surface area contributed by atoms with Gasteiger partial charge in [0.2, 0.25) is 11.8 Å². The Morgan fingerprint density at radius 2 is 1.89 bits per heavy atom. The van der Waals surface area contributed by atoms with Crippen molar-refractivity contribution in [3.05, 3.63) is 65.5 Å². The summed E-state index contributed by atoms with van der Waals surface area (Å²) in [5, 5.41) is 2.86. The van der Waals surface area contributed by atoms with Crippen LogP contribution in [0.4, 0.5) is 31.8 Å². The van der Waals surface area contributed by atoms with E-state index in [0.717, 1.165) is 48.8 Å². The summed E-state index contributed by atoms with van der Waals surface area (Å²) in [5.41, 5.74) is 1.06. The van der Waals surface area contributed by atoms with E-state index in [1.807, 2.05) is 6.07 Å². The minimum atomic E-state index is -0.880. The molecule has 1 aliphatic rings. The van der Waals surface area contributed by atoms with Crippen LogP contribution in [0.1, 0.15) is 17.4 Å². The van der Waals surface area contributed by atoms with Gasteiger partial charge in [-0.2, -0.15) is 0 Å². The molecule has 0 saturated carbocycles. The van der Waals surface area contributed by atoms with Crippen molar-refractivity contribution in [2.75, 3.05) is 43.4 Å². The molecule has 3 aromatic heterocycles. The van der Waals surface area contributed by atoms with E-state index in [-0.39, 0.29) is 28.3 Å². The standard InChI is InChI=1S/C26H24F2N8O2/c1-15-11-18-22(28)20(12-19(27)24(18)36(15)16(2)37)38-26-23(29-3)25(31-14-32-26)33-21-6-5-17(13-30-21)35-9-7-34(4)8-10-35/h5-6,11-14H,7-10H2,1-2,4H3,(H,30,31,32,33). The zero-order valence-corrected chi connectivity index (χ0v) is 21.0. The molecule has 0 amide bonds. The van der Waals surface area contributed by atoms with Crippen molar-refractivity contribution < 1.29 is 18.3 Å². The number of piperazine rings is 1. The highest BCUT2D eigenvalue weighted by molar-refractivity contribution is 5.94. The van der Waals surface area contributed by atoms with E-state index in [1.54, 1.807) is 19.2 Å². The third-order valence-corrected chi connectivity index (χ3v) is 6.41. The van der Waals surface area contributed by atoms with Crippen LogP contribution in [0.15, 0.2) is 36.8 Å². The number of ether oxygens (including phenoxy) is 1. The van der Waals surface area contributed by atoms with Crippen molar-refractivity contribution in [3.8, 4) is 11.6 Å². The Morgan fingerprint density at radius 3 is 2.55 bits per heavy atom. The predicted molar refractivity (Wildman–Crippen MR) is 138 cm³/mol. The lowest BCUT2D eigenvalue weighted by atomic mass is 10.2. The number of carbonyl (C=O) groups is 1. The number of likely N-dealkylation sites (N-methyl/N-ethyl adjacent to an activating group) is 1. The summed E-state index contributed by atoms with van der Waals surface area (Å²) in [6, 6.07) is 5.90. The number of benzene rings is 1. The molecule has 1 aliphatic heterocycles. The lowest BCUT2D eigenvalue weighted by Crippen LogP contribution is -2.44. The Hall–Kier alpha value is -4.63. The minimum absolute atomic E-state index is 0.102. The van der Waals surface area contributed by atoms with Crippen LogP contribution in [-0.2, 0) is 0 Å². The van der Waals surface area contributed by atoms with Crippen LogP contribution in [0.25, 0.3) is 15.7 Å². The van der Waals surface area contributed by atoms with Crippen LogP contribution in [0.2, 0.25) is 0 Å². The Balaban J connectivity index is 1.42. The Morgan fingerprint density at radius 1 is 1.13 bits per heavy atom. The maximum absolute atomic E-state index is 15.3. The lowest BCUT2D eigenvalue weighted by molar-refractivity contribution is 0.0939. The van der Waals surface area contributed by atoms with Crippen molar-refractivity contribution in [1.82, 2.24) is 24.4 Å². The number of hydrogen-bond acceptors (Lipinski definition) is 8. The molecule has 1 N–H and O–H groups in total. The van der Waals surface area contributed by atoms with Crippen molar-refractivity contribution in [2.45, 2.75) is 13.8 Å². The van der Waals surface area contributed by atoms with Crippen molar-refractivity contribution in [3.63, 3.8) is 0 Å². The number of anilines is 3. The molecule has 0 unspecified atom stereocenters. The Kier molecular flexibility index (Phi) is 6.61. The third kappa shape index (κ3) is 4.59. The first-order valence-corrected chi connectivity index (χ1v) is 11.8. The van der Waals surface area contributed by atoms with Crippen LogP contribution < -0.4 is 15.0 Å². The summed E-state index contributed by atoms with van der Waals surface area (Å²) in [7, 11) is 2.09. The normalized spacial score (nSPS) is 13.9. The van der Waals surface area contributed by atoms with Gasteiger partial charge < -0.3 is 19.9 Å². The quantitative estimate of drug-likeness (QED) is 0.373. The maximum atomic E-state index is 15.3. The molecular weight excluding hydrogens is 494 g/mol. The highest BCUT2D eigenvalue weighted by atomic mass is 19.1. The van der Waals surface area contributed by atoms with E-state index in [1.165, 1.54) is 13.0 Å². The van der Waals surface area contributed by atoms with E-state index < -0.39 is 23.3 Å². The van der Waals surface area contributed by atoms with Gasteiger partial charge in [0.1, 0.15) is 18.0 Å². The minimum Gasteiger partial charge on any atom is -0.446 e. The molecule has 194 valence electrons. The number of fused-ring (bicyclic) bond motifs is 1. The number of halogens is 2. The summed E-state index contributed by atoms with van der Waals surface area (Å²) in [6.45, 7) is 14.2. The average Bonchev–Trinajstić information content (AvgIpc) is 3.26. The van der Waals surface area contributed by atoms with E-state index in [2.05, 4.69) is 42.0 Å². The van der Waals surface area contributed by atoms with E-state index >= 15 is 4.39 Å². The van der Waals surface area contributed by atoms with Gasteiger partial charge in [0.05, 0.1) is 24.0 Å². The Labute approximate surface area is 217 Å². The number of hydrogen-bond donors (Lipinski definition) is 1. The molecule has 1 aromatic carbocycles. The molecule has 38 heavy (non-hydrogen) atoms. The van der Waals surface area contributed by atoms with Gasteiger partial charge in [0.25, 0.3) is 5.69 Å². The van der Waals surface area contributed by atoms with Gasteiger partial charge in [-0.05, 0) is 32.2 Å². The fraction of sp³-hybridized carbons (Fsp3) is 0.269. The van der Waals surface area contributed by atoms with Gasteiger partial charge in [-0.15, -0.1) is 0 Å². The van der Waals surface area contributed by atoms with Gasteiger partial charge in [0.15, 0.2) is 17.4 Å². The van der Waals surface area contributed by atoms with Crippen molar-refractivity contribution in [2.24, 2.45) is 0 Å². The molecule has 0 radical (unpaired) electrons. The molecular formula is C26H24F2N8O2. The van der Waals surface area contributed by atoms with Crippen LogP contribution in [-0.4, -0.2) is 63.6 Å².